The van der Waals surface area contributed by atoms with Gasteiger partial charge in [-0.25, -0.2) is 0 Å². The third-order valence-corrected chi connectivity index (χ3v) is 2.18. The van der Waals surface area contributed by atoms with Crippen molar-refractivity contribution in [1.82, 2.24) is 0 Å². The van der Waals surface area contributed by atoms with Crippen molar-refractivity contribution < 1.29 is 4.84 Å². The SMILES string of the molecule is CCc1ccc(CON=CC(C)(C)C)cc1. The lowest BCUT2D eigenvalue weighted by molar-refractivity contribution is 0.129. The highest BCUT2D eigenvalue weighted by Crippen LogP contribution is 2.09. The number of benzene rings is 1. The Morgan fingerprint density at radius 2 is 1.69 bits per heavy atom. The van der Waals surface area contributed by atoms with E-state index in [4.69, 9.17) is 4.84 Å². The summed E-state index contributed by atoms with van der Waals surface area (Å²) in [6.45, 7) is 8.97. The molecule has 0 N–H and O–H groups in total. The van der Waals surface area contributed by atoms with E-state index in [2.05, 4.69) is 57.1 Å². The van der Waals surface area contributed by atoms with Crippen molar-refractivity contribution in [2.45, 2.75) is 40.7 Å². The van der Waals surface area contributed by atoms with Crippen molar-refractivity contribution in [3.05, 3.63) is 35.4 Å². The predicted octanol–water partition coefficient (Wildman–Crippen LogP) is 3.80. The van der Waals surface area contributed by atoms with Crippen LogP contribution in [0.4, 0.5) is 0 Å². The van der Waals surface area contributed by atoms with E-state index in [0.29, 0.717) is 6.61 Å². The lowest BCUT2D eigenvalue weighted by Gasteiger charge is -2.09. The molecule has 0 aromatic heterocycles. The van der Waals surface area contributed by atoms with Gasteiger partial charge in [0.15, 0.2) is 0 Å². The van der Waals surface area contributed by atoms with Gasteiger partial charge >= 0.3 is 0 Å². The molecule has 0 radical (unpaired) electrons. The lowest BCUT2D eigenvalue weighted by atomic mass is 10.00. The van der Waals surface area contributed by atoms with Crippen LogP contribution in [0.5, 0.6) is 0 Å². The molecule has 0 bridgehead atoms. The van der Waals surface area contributed by atoms with E-state index in [9.17, 15) is 0 Å². The zero-order valence-electron chi connectivity index (χ0n) is 10.7. The molecule has 0 unspecified atom stereocenters. The quantitative estimate of drug-likeness (QED) is 0.557. The summed E-state index contributed by atoms with van der Waals surface area (Å²) in [6.07, 6.45) is 2.90. The third kappa shape index (κ3) is 4.96. The number of aryl methyl sites for hydroxylation is 1. The number of nitrogens with zero attached hydrogens (tertiary/aromatic N) is 1. The average molecular weight is 219 g/mol. The van der Waals surface area contributed by atoms with Crippen LogP contribution in [0.15, 0.2) is 29.4 Å². The molecule has 0 aliphatic rings. The molecular formula is C14H21NO. The first-order chi connectivity index (χ1) is 7.51. The van der Waals surface area contributed by atoms with Gasteiger partial charge in [0.2, 0.25) is 0 Å². The second-order valence-corrected chi connectivity index (χ2v) is 5.04. The second kappa shape index (κ2) is 5.69. The Kier molecular flexibility index (Phi) is 4.53. The Hall–Kier alpha value is -1.31. The van der Waals surface area contributed by atoms with Gasteiger partial charge in [-0.15, -0.1) is 0 Å². The van der Waals surface area contributed by atoms with E-state index in [1.54, 1.807) is 0 Å². The molecular weight excluding hydrogens is 198 g/mol. The van der Waals surface area contributed by atoms with Gasteiger partial charge < -0.3 is 4.84 Å². The minimum atomic E-state index is 0.0755. The van der Waals surface area contributed by atoms with Gasteiger partial charge in [-0.05, 0) is 17.5 Å². The summed E-state index contributed by atoms with van der Waals surface area (Å²) in [6, 6.07) is 8.44. The Labute approximate surface area is 98.3 Å². The van der Waals surface area contributed by atoms with Gasteiger partial charge in [-0.3, -0.25) is 0 Å². The lowest BCUT2D eigenvalue weighted by Crippen LogP contribution is -2.06. The van der Waals surface area contributed by atoms with Crippen LogP contribution < -0.4 is 0 Å². The normalized spacial score (nSPS) is 12.0. The summed E-state index contributed by atoms with van der Waals surface area (Å²) in [5, 5.41) is 3.96. The molecule has 0 fully saturated rings. The average Bonchev–Trinajstić information content (AvgIpc) is 2.24. The molecule has 2 heteroatoms. The highest BCUT2D eigenvalue weighted by atomic mass is 16.6. The summed E-state index contributed by atoms with van der Waals surface area (Å²) in [5.41, 5.74) is 2.58. The molecule has 1 aromatic carbocycles. The molecule has 0 saturated heterocycles. The van der Waals surface area contributed by atoms with Crippen LogP contribution in [0, 0.1) is 5.41 Å². The fourth-order valence-electron chi connectivity index (χ4n) is 1.18. The molecule has 0 heterocycles. The van der Waals surface area contributed by atoms with Crippen LogP contribution in [-0.2, 0) is 17.9 Å². The Bertz CT molecular complexity index is 333. The largest absolute Gasteiger partial charge is 0.391 e. The van der Waals surface area contributed by atoms with E-state index in [1.165, 1.54) is 5.56 Å². The fourth-order valence-corrected chi connectivity index (χ4v) is 1.18. The number of oxime groups is 1. The summed E-state index contributed by atoms with van der Waals surface area (Å²) >= 11 is 0. The van der Waals surface area contributed by atoms with Crippen molar-refractivity contribution in [1.29, 1.82) is 0 Å². The predicted molar refractivity (Wildman–Crippen MR) is 68.6 cm³/mol. The van der Waals surface area contributed by atoms with Crippen molar-refractivity contribution in [2.24, 2.45) is 10.6 Å². The van der Waals surface area contributed by atoms with Gasteiger partial charge in [-0.2, -0.15) is 0 Å². The second-order valence-electron chi connectivity index (χ2n) is 5.04. The maximum Gasteiger partial charge on any atom is 0.142 e. The molecule has 0 amide bonds. The zero-order chi connectivity index (χ0) is 12.0. The van der Waals surface area contributed by atoms with Crippen molar-refractivity contribution in [3.63, 3.8) is 0 Å². The van der Waals surface area contributed by atoms with Gasteiger partial charge in [-0.1, -0.05) is 57.1 Å². The van der Waals surface area contributed by atoms with Crippen molar-refractivity contribution in [2.75, 3.05) is 0 Å². The van der Waals surface area contributed by atoms with Crippen LogP contribution in [-0.4, -0.2) is 6.21 Å². The minimum Gasteiger partial charge on any atom is -0.391 e. The first-order valence-corrected chi connectivity index (χ1v) is 5.75. The number of rotatable bonds is 4. The summed E-state index contributed by atoms with van der Waals surface area (Å²) in [4.78, 5) is 5.24. The van der Waals surface area contributed by atoms with Crippen LogP contribution in [0.1, 0.15) is 38.8 Å². The van der Waals surface area contributed by atoms with Gasteiger partial charge in [0.05, 0.1) is 0 Å². The summed E-state index contributed by atoms with van der Waals surface area (Å²) in [5.74, 6) is 0. The molecule has 0 atom stereocenters. The van der Waals surface area contributed by atoms with E-state index in [0.717, 1.165) is 12.0 Å². The molecule has 0 aliphatic heterocycles. The highest BCUT2D eigenvalue weighted by Gasteiger charge is 2.04. The Morgan fingerprint density at radius 3 is 2.19 bits per heavy atom. The van der Waals surface area contributed by atoms with E-state index in [-0.39, 0.29) is 5.41 Å². The molecule has 0 saturated carbocycles. The standard InChI is InChI=1S/C14H21NO/c1-5-12-6-8-13(9-7-12)10-16-15-11-14(2,3)4/h6-9,11H,5,10H2,1-4H3. The first kappa shape index (κ1) is 12.8. The fraction of sp³-hybridized carbons (Fsp3) is 0.500. The molecule has 2 nitrogen and oxygen atoms in total. The monoisotopic (exact) mass is 219 g/mol. The summed E-state index contributed by atoms with van der Waals surface area (Å²) < 4.78 is 0. The van der Waals surface area contributed by atoms with Crippen LogP contribution >= 0.6 is 0 Å². The van der Waals surface area contributed by atoms with E-state index < -0.39 is 0 Å². The van der Waals surface area contributed by atoms with Gasteiger partial charge in [0.1, 0.15) is 6.61 Å². The maximum absolute atomic E-state index is 5.24. The van der Waals surface area contributed by atoms with Gasteiger partial charge in [0.25, 0.3) is 0 Å². The van der Waals surface area contributed by atoms with Crippen LogP contribution in [0.2, 0.25) is 0 Å². The smallest absolute Gasteiger partial charge is 0.142 e. The molecule has 1 rings (SSSR count). The highest BCUT2D eigenvalue weighted by molar-refractivity contribution is 5.63. The number of hydrogen-bond acceptors (Lipinski definition) is 2. The molecule has 88 valence electrons. The van der Waals surface area contributed by atoms with E-state index >= 15 is 0 Å². The zero-order valence-corrected chi connectivity index (χ0v) is 10.7. The molecule has 0 spiro atoms. The maximum atomic E-state index is 5.24. The number of hydrogen-bond donors (Lipinski definition) is 0. The van der Waals surface area contributed by atoms with E-state index in [1.807, 2.05) is 6.21 Å². The molecule has 16 heavy (non-hydrogen) atoms. The molecule has 0 aliphatic carbocycles. The first-order valence-electron chi connectivity index (χ1n) is 5.75. The molecule has 1 aromatic rings. The third-order valence-electron chi connectivity index (χ3n) is 2.18. The topological polar surface area (TPSA) is 21.6 Å². The van der Waals surface area contributed by atoms with Crippen molar-refractivity contribution in [3.8, 4) is 0 Å². The van der Waals surface area contributed by atoms with Crippen LogP contribution in [0.3, 0.4) is 0 Å². The Morgan fingerprint density at radius 1 is 1.12 bits per heavy atom. The van der Waals surface area contributed by atoms with Crippen LogP contribution in [0.25, 0.3) is 0 Å². The van der Waals surface area contributed by atoms with Gasteiger partial charge in [0, 0.05) is 11.6 Å². The minimum absolute atomic E-state index is 0.0755. The summed E-state index contributed by atoms with van der Waals surface area (Å²) in [7, 11) is 0. The Balaban J connectivity index is 2.40. The van der Waals surface area contributed by atoms with Crippen molar-refractivity contribution >= 4 is 6.21 Å².